The van der Waals surface area contributed by atoms with E-state index in [-0.39, 0.29) is 11.4 Å². The molecule has 1 heterocycles. The van der Waals surface area contributed by atoms with E-state index >= 15 is 0 Å². The number of carbonyl (C=O) groups excluding carboxylic acids is 1. The van der Waals surface area contributed by atoms with Crippen LogP contribution in [0, 0.1) is 0 Å². The zero-order valence-electron chi connectivity index (χ0n) is 12.0. The summed E-state index contributed by atoms with van der Waals surface area (Å²) in [4.78, 5) is 15.1. The van der Waals surface area contributed by atoms with Crippen molar-refractivity contribution in [3.8, 4) is 0 Å². The second kappa shape index (κ2) is 5.11. The highest BCUT2D eigenvalue weighted by Gasteiger charge is 2.20. The first-order chi connectivity index (χ1) is 8.88. The van der Waals surface area contributed by atoms with Crippen LogP contribution in [-0.4, -0.2) is 37.1 Å². The summed E-state index contributed by atoms with van der Waals surface area (Å²) in [5, 5.41) is 0. The van der Waals surface area contributed by atoms with E-state index in [9.17, 15) is 4.79 Å². The van der Waals surface area contributed by atoms with Crippen molar-refractivity contribution in [3.05, 3.63) is 29.8 Å². The van der Waals surface area contributed by atoms with Crippen molar-refractivity contribution < 1.29 is 4.79 Å². The predicted molar refractivity (Wildman–Crippen MR) is 78.5 cm³/mol. The first-order valence-electron chi connectivity index (χ1n) is 6.78. The molecule has 0 bridgehead atoms. The zero-order valence-corrected chi connectivity index (χ0v) is 12.0. The Morgan fingerprint density at radius 3 is 2.00 bits per heavy atom. The van der Waals surface area contributed by atoms with Crippen molar-refractivity contribution in [2.24, 2.45) is 5.73 Å². The highest BCUT2D eigenvalue weighted by Crippen LogP contribution is 2.25. The molecule has 1 aromatic rings. The Bertz CT molecular complexity index is 439. The van der Waals surface area contributed by atoms with Crippen LogP contribution in [0.1, 0.15) is 26.3 Å². The number of hydrogen-bond acceptors (Lipinski definition) is 2. The van der Waals surface area contributed by atoms with Crippen LogP contribution in [0.25, 0.3) is 0 Å². The van der Waals surface area contributed by atoms with E-state index in [0.29, 0.717) is 13.1 Å². The number of nitrogens with two attached hydrogens (primary N) is 1. The van der Waals surface area contributed by atoms with Gasteiger partial charge >= 0.3 is 6.03 Å². The van der Waals surface area contributed by atoms with Gasteiger partial charge in [-0.3, -0.25) is 0 Å². The van der Waals surface area contributed by atoms with Gasteiger partial charge in [0.1, 0.15) is 0 Å². The first-order valence-corrected chi connectivity index (χ1v) is 6.78. The van der Waals surface area contributed by atoms with Crippen LogP contribution in [0.15, 0.2) is 24.3 Å². The molecule has 1 aliphatic rings. The molecule has 104 valence electrons. The number of amides is 2. The van der Waals surface area contributed by atoms with Gasteiger partial charge in [-0.25, -0.2) is 4.79 Å². The van der Waals surface area contributed by atoms with E-state index in [1.807, 2.05) is 0 Å². The number of benzene rings is 1. The first kappa shape index (κ1) is 13.7. The van der Waals surface area contributed by atoms with Crippen LogP contribution in [0.3, 0.4) is 0 Å². The van der Waals surface area contributed by atoms with Crippen molar-refractivity contribution in [2.75, 3.05) is 31.1 Å². The summed E-state index contributed by atoms with van der Waals surface area (Å²) >= 11 is 0. The molecule has 4 nitrogen and oxygen atoms in total. The Hall–Kier alpha value is -1.71. The molecule has 0 aliphatic carbocycles. The minimum atomic E-state index is -0.317. The van der Waals surface area contributed by atoms with Crippen LogP contribution in [0.2, 0.25) is 0 Å². The maximum Gasteiger partial charge on any atom is 0.314 e. The largest absolute Gasteiger partial charge is 0.368 e. The number of anilines is 1. The second-order valence-electron chi connectivity index (χ2n) is 6.11. The van der Waals surface area contributed by atoms with E-state index in [2.05, 4.69) is 49.9 Å². The number of hydrogen-bond donors (Lipinski definition) is 1. The third-order valence-corrected chi connectivity index (χ3v) is 3.69. The minimum absolute atomic E-state index is 0.184. The lowest BCUT2D eigenvalue weighted by molar-refractivity contribution is 0.204. The Labute approximate surface area is 115 Å². The number of rotatable bonds is 1. The minimum Gasteiger partial charge on any atom is -0.368 e. The van der Waals surface area contributed by atoms with Crippen LogP contribution in [0.5, 0.6) is 0 Å². The molecule has 19 heavy (non-hydrogen) atoms. The van der Waals surface area contributed by atoms with Gasteiger partial charge in [0, 0.05) is 31.9 Å². The molecular weight excluding hydrogens is 238 g/mol. The van der Waals surface area contributed by atoms with Crippen molar-refractivity contribution in [1.82, 2.24) is 4.90 Å². The smallest absolute Gasteiger partial charge is 0.314 e. The fourth-order valence-electron chi connectivity index (χ4n) is 2.36. The average Bonchev–Trinajstić information content (AvgIpc) is 2.38. The number of primary amides is 1. The molecule has 1 fully saturated rings. The van der Waals surface area contributed by atoms with E-state index in [1.165, 1.54) is 11.3 Å². The van der Waals surface area contributed by atoms with Crippen LogP contribution in [-0.2, 0) is 5.41 Å². The fourth-order valence-corrected chi connectivity index (χ4v) is 2.36. The Kier molecular flexibility index (Phi) is 3.69. The maximum absolute atomic E-state index is 11.1. The van der Waals surface area contributed by atoms with Gasteiger partial charge in [-0.15, -0.1) is 0 Å². The normalized spacial score (nSPS) is 16.6. The SMILES string of the molecule is CC(C)(C)c1ccc(N2CCN(C(N)=O)CC2)cc1. The molecule has 0 saturated carbocycles. The third kappa shape index (κ3) is 3.19. The molecule has 1 saturated heterocycles. The molecule has 2 amide bonds. The van der Waals surface area contributed by atoms with Gasteiger partial charge in [-0.2, -0.15) is 0 Å². The highest BCUT2D eigenvalue weighted by atomic mass is 16.2. The average molecular weight is 261 g/mol. The zero-order chi connectivity index (χ0) is 14.0. The maximum atomic E-state index is 11.1. The number of nitrogens with zero attached hydrogens (tertiary/aromatic N) is 2. The van der Waals surface area contributed by atoms with E-state index in [4.69, 9.17) is 5.73 Å². The van der Waals surface area contributed by atoms with E-state index < -0.39 is 0 Å². The molecule has 2 rings (SSSR count). The summed E-state index contributed by atoms with van der Waals surface area (Å²) in [6.45, 7) is 9.75. The Balaban J connectivity index is 2.02. The second-order valence-corrected chi connectivity index (χ2v) is 6.11. The van der Waals surface area contributed by atoms with Crippen molar-refractivity contribution >= 4 is 11.7 Å². The molecule has 0 radical (unpaired) electrons. The molecule has 0 atom stereocenters. The monoisotopic (exact) mass is 261 g/mol. The van der Waals surface area contributed by atoms with Gasteiger partial charge in [0.2, 0.25) is 0 Å². The predicted octanol–water partition coefficient (Wildman–Crippen LogP) is 2.18. The topological polar surface area (TPSA) is 49.6 Å². The van der Waals surface area contributed by atoms with Crippen LogP contribution >= 0.6 is 0 Å². The molecule has 1 aromatic carbocycles. The summed E-state index contributed by atoms with van der Waals surface area (Å²) < 4.78 is 0. The van der Waals surface area contributed by atoms with Gasteiger partial charge in [-0.05, 0) is 23.1 Å². The number of piperazine rings is 1. The van der Waals surface area contributed by atoms with Gasteiger partial charge in [-0.1, -0.05) is 32.9 Å². The van der Waals surface area contributed by atoms with E-state index in [0.717, 1.165) is 13.1 Å². The van der Waals surface area contributed by atoms with Gasteiger partial charge in [0.05, 0.1) is 0 Å². The summed E-state index contributed by atoms with van der Waals surface area (Å²) in [5.41, 5.74) is 8.03. The lowest BCUT2D eigenvalue weighted by Crippen LogP contribution is -2.50. The Morgan fingerprint density at radius 2 is 1.58 bits per heavy atom. The standard InChI is InChI=1S/C15H23N3O/c1-15(2,3)12-4-6-13(7-5-12)17-8-10-18(11-9-17)14(16)19/h4-7H,8-11H2,1-3H3,(H2,16,19). The van der Waals surface area contributed by atoms with Crippen LogP contribution < -0.4 is 10.6 Å². The molecule has 0 aromatic heterocycles. The van der Waals surface area contributed by atoms with Crippen LogP contribution in [0.4, 0.5) is 10.5 Å². The van der Waals surface area contributed by atoms with Crippen molar-refractivity contribution in [2.45, 2.75) is 26.2 Å². The third-order valence-electron chi connectivity index (χ3n) is 3.69. The fraction of sp³-hybridized carbons (Fsp3) is 0.533. The number of urea groups is 1. The summed E-state index contributed by atoms with van der Waals surface area (Å²) in [6, 6.07) is 8.40. The summed E-state index contributed by atoms with van der Waals surface area (Å²) in [6.07, 6.45) is 0. The van der Waals surface area contributed by atoms with Crippen molar-refractivity contribution in [1.29, 1.82) is 0 Å². The number of carbonyl (C=O) groups is 1. The molecule has 2 N–H and O–H groups in total. The molecular formula is C15H23N3O. The molecule has 0 unspecified atom stereocenters. The quantitative estimate of drug-likeness (QED) is 0.842. The van der Waals surface area contributed by atoms with E-state index in [1.54, 1.807) is 4.90 Å². The molecule has 1 aliphatic heterocycles. The summed E-state index contributed by atoms with van der Waals surface area (Å²) in [5.74, 6) is 0. The molecule has 4 heteroatoms. The highest BCUT2D eigenvalue weighted by molar-refractivity contribution is 5.72. The molecule has 0 spiro atoms. The Morgan fingerprint density at radius 1 is 1.05 bits per heavy atom. The van der Waals surface area contributed by atoms with Gasteiger partial charge in [0.15, 0.2) is 0 Å². The summed E-state index contributed by atoms with van der Waals surface area (Å²) in [7, 11) is 0. The van der Waals surface area contributed by atoms with Crippen molar-refractivity contribution in [3.63, 3.8) is 0 Å². The van der Waals surface area contributed by atoms with Gasteiger partial charge < -0.3 is 15.5 Å². The van der Waals surface area contributed by atoms with Gasteiger partial charge in [0.25, 0.3) is 0 Å². The lowest BCUT2D eigenvalue weighted by atomic mass is 9.87. The lowest BCUT2D eigenvalue weighted by Gasteiger charge is -2.35.